The van der Waals surface area contributed by atoms with E-state index in [0.717, 1.165) is 11.2 Å². The molecular formula is C14H18N2. The second-order valence-corrected chi connectivity index (χ2v) is 4.81. The second-order valence-electron chi connectivity index (χ2n) is 4.81. The molecule has 0 bridgehead atoms. The molecule has 2 aromatic heterocycles. The minimum absolute atomic E-state index is 0.438. The number of hydrogen-bond donors (Lipinski definition) is 0. The van der Waals surface area contributed by atoms with Gasteiger partial charge in [0.25, 0.3) is 0 Å². The summed E-state index contributed by atoms with van der Waals surface area (Å²) in [6.07, 6.45) is 3.84. The van der Waals surface area contributed by atoms with Crippen LogP contribution in [0, 0.1) is 0 Å². The standard InChI is InChI=1S/C14H18N2/c1-9(2)12-8-16-13(10(3)4)11-6-5-7-15-14(11)12/h5-10H,1-4H3. The van der Waals surface area contributed by atoms with Gasteiger partial charge in [0, 0.05) is 17.8 Å². The van der Waals surface area contributed by atoms with Crippen LogP contribution in [0.15, 0.2) is 24.5 Å². The van der Waals surface area contributed by atoms with Gasteiger partial charge >= 0.3 is 0 Å². The van der Waals surface area contributed by atoms with Crippen molar-refractivity contribution in [2.45, 2.75) is 39.5 Å². The molecule has 0 aromatic carbocycles. The smallest absolute Gasteiger partial charge is 0.0770 e. The van der Waals surface area contributed by atoms with E-state index in [4.69, 9.17) is 0 Å². The van der Waals surface area contributed by atoms with Crippen molar-refractivity contribution >= 4 is 10.9 Å². The van der Waals surface area contributed by atoms with Crippen LogP contribution in [-0.4, -0.2) is 9.97 Å². The first-order chi connectivity index (χ1) is 7.61. The number of rotatable bonds is 2. The molecule has 0 saturated heterocycles. The Morgan fingerprint density at radius 2 is 1.75 bits per heavy atom. The molecule has 2 rings (SSSR count). The first-order valence-electron chi connectivity index (χ1n) is 5.84. The van der Waals surface area contributed by atoms with E-state index in [1.54, 1.807) is 0 Å². The Morgan fingerprint density at radius 1 is 1.00 bits per heavy atom. The fraction of sp³-hybridized carbons (Fsp3) is 0.429. The van der Waals surface area contributed by atoms with Gasteiger partial charge in [-0.05, 0) is 29.5 Å². The Bertz CT molecular complexity index is 455. The van der Waals surface area contributed by atoms with Gasteiger partial charge in [-0.15, -0.1) is 0 Å². The SMILES string of the molecule is CC(C)c1ncc(C(C)C)c2ncccc12. The van der Waals surface area contributed by atoms with Crippen molar-refractivity contribution in [2.75, 3.05) is 0 Å². The molecule has 0 amide bonds. The quantitative estimate of drug-likeness (QED) is 0.758. The molecule has 0 fully saturated rings. The molecule has 84 valence electrons. The van der Waals surface area contributed by atoms with E-state index >= 15 is 0 Å². The Kier molecular flexibility index (Phi) is 2.90. The van der Waals surface area contributed by atoms with Gasteiger partial charge in [-0.2, -0.15) is 0 Å². The largest absolute Gasteiger partial charge is 0.260 e. The molecule has 0 saturated carbocycles. The van der Waals surface area contributed by atoms with Crippen LogP contribution in [0.2, 0.25) is 0 Å². The third kappa shape index (κ3) is 1.80. The molecule has 2 aromatic rings. The highest BCUT2D eigenvalue weighted by molar-refractivity contribution is 5.84. The van der Waals surface area contributed by atoms with Crippen molar-refractivity contribution < 1.29 is 0 Å². The van der Waals surface area contributed by atoms with Gasteiger partial charge in [-0.25, -0.2) is 0 Å². The molecule has 2 heterocycles. The van der Waals surface area contributed by atoms with Crippen LogP contribution in [0.5, 0.6) is 0 Å². The summed E-state index contributed by atoms with van der Waals surface area (Å²) in [5, 5.41) is 1.20. The highest BCUT2D eigenvalue weighted by atomic mass is 14.7. The van der Waals surface area contributed by atoms with E-state index in [1.165, 1.54) is 10.9 Å². The lowest BCUT2D eigenvalue weighted by Gasteiger charge is -2.13. The average molecular weight is 214 g/mol. The highest BCUT2D eigenvalue weighted by Gasteiger charge is 2.12. The molecule has 0 spiro atoms. The average Bonchev–Trinajstić information content (AvgIpc) is 2.27. The van der Waals surface area contributed by atoms with Crippen LogP contribution in [0.4, 0.5) is 0 Å². The molecule has 0 aliphatic carbocycles. The van der Waals surface area contributed by atoms with E-state index in [9.17, 15) is 0 Å². The summed E-state index contributed by atoms with van der Waals surface area (Å²) in [5.41, 5.74) is 3.49. The number of hydrogen-bond acceptors (Lipinski definition) is 2. The van der Waals surface area contributed by atoms with E-state index in [0.29, 0.717) is 11.8 Å². The van der Waals surface area contributed by atoms with Gasteiger partial charge in [-0.3, -0.25) is 9.97 Å². The lowest BCUT2D eigenvalue weighted by atomic mass is 9.98. The predicted octanol–water partition coefficient (Wildman–Crippen LogP) is 3.88. The summed E-state index contributed by atoms with van der Waals surface area (Å²) in [4.78, 5) is 9.09. The minimum atomic E-state index is 0.438. The second kappa shape index (κ2) is 4.20. The van der Waals surface area contributed by atoms with Crippen LogP contribution in [-0.2, 0) is 0 Å². The normalized spacial score (nSPS) is 11.6. The molecule has 16 heavy (non-hydrogen) atoms. The van der Waals surface area contributed by atoms with Crippen molar-refractivity contribution in [3.05, 3.63) is 35.8 Å². The maximum atomic E-state index is 4.59. The molecule has 0 aliphatic heterocycles. The Morgan fingerprint density at radius 3 is 2.38 bits per heavy atom. The first-order valence-corrected chi connectivity index (χ1v) is 5.84. The lowest BCUT2D eigenvalue weighted by molar-refractivity contribution is 0.816. The van der Waals surface area contributed by atoms with Crippen LogP contribution in [0.1, 0.15) is 50.8 Å². The van der Waals surface area contributed by atoms with Crippen LogP contribution < -0.4 is 0 Å². The summed E-state index contributed by atoms with van der Waals surface area (Å²) in [6.45, 7) is 8.70. The molecule has 0 atom stereocenters. The third-order valence-corrected chi connectivity index (χ3v) is 2.87. The molecule has 2 nitrogen and oxygen atoms in total. The van der Waals surface area contributed by atoms with Crippen molar-refractivity contribution in [2.24, 2.45) is 0 Å². The molecule has 0 unspecified atom stereocenters. The minimum Gasteiger partial charge on any atom is -0.260 e. The van der Waals surface area contributed by atoms with Crippen LogP contribution in [0.25, 0.3) is 10.9 Å². The van der Waals surface area contributed by atoms with Gasteiger partial charge in [0.05, 0.1) is 11.2 Å². The van der Waals surface area contributed by atoms with E-state index in [1.807, 2.05) is 18.5 Å². The Balaban J connectivity index is 2.77. The summed E-state index contributed by atoms with van der Waals surface area (Å²) in [7, 11) is 0. The van der Waals surface area contributed by atoms with Gasteiger partial charge in [0.2, 0.25) is 0 Å². The van der Waals surface area contributed by atoms with E-state index < -0.39 is 0 Å². The maximum Gasteiger partial charge on any atom is 0.0770 e. The zero-order valence-electron chi connectivity index (χ0n) is 10.4. The van der Waals surface area contributed by atoms with Crippen LogP contribution >= 0.6 is 0 Å². The molecule has 0 radical (unpaired) electrons. The summed E-state index contributed by atoms with van der Waals surface area (Å²) in [6, 6.07) is 4.11. The first kappa shape index (κ1) is 11.1. The number of fused-ring (bicyclic) bond motifs is 1. The zero-order valence-corrected chi connectivity index (χ0v) is 10.4. The van der Waals surface area contributed by atoms with Gasteiger partial charge < -0.3 is 0 Å². The monoisotopic (exact) mass is 214 g/mol. The van der Waals surface area contributed by atoms with Gasteiger partial charge in [-0.1, -0.05) is 27.7 Å². The van der Waals surface area contributed by atoms with Crippen molar-refractivity contribution in [1.29, 1.82) is 0 Å². The predicted molar refractivity (Wildman–Crippen MR) is 67.7 cm³/mol. The third-order valence-electron chi connectivity index (χ3n) is 2.87. The molecule has 0 aliphatic rings. The lowest BCUT2D eigenvalue weighted by Crippen LogP contribution is -2.00. The molecule has 0 N–H and O–H groups in total. The molecule has 2 heteroatoms. The maximum absolute atomic E-state index is 4.59. The van der Waals surface area contributed by atoms with E-state index in [-0.39, 0.29) is 0 Å². The molecular weight excluding hydrogens is 196 g/mol. The number of aromatic nitrogens is 2. The highest BCUT2D eigenvalue weighted by Crippen LogP contribution is 2.27. The fourth-order valence-electron chi connectivity index (χ4n) is 1.99. The van der Waals surface area contributed by atoms with E-state index in [2.05, 4.69) is 43.7 Å². The van der Waals surface area contributed by atoms with Gasteiger partial charge in [0.15, 0.2) is 0 Å². The zero-order chi connectivity index (χ0) is 11.7. The van der Waals surface area contributed by atoms with Crippen LogP contribution in [0.3, 0.4) is 0 Å². The number of nitrogens with zero attached hydrogens (tertiary/aromatic N) is 2. The topological polar surface area (TPSA) is 25.8 Å². The van der Waals surface area contributed by atoms with Crippen molar-refractivity contribution in [3.8, 4) is 0 Å². The summed E-state index contributed by atoms with van der Waals surface area (Å²) in [5.74, 6) is 0.902. The summed E-state index contributed by atoms with van der Waals surface area (Å²) >= 11 is 0. The Hall–Kier alpha value is -1.44. The summed E-state index contributed by atoms with van der Waals surface area (Å²) < 4.78 is 0. The Labute approximate surface area is 96.7 Å². The van der Waals surface area contributed by atoms with Gasteiger partial charge in [0.1, 0.15) is 0 Å². The van der Waals surface area contributed by atoms with Crippen molar-refractivity contribution in [1.82, 2.24) is 9.97 Å². The number of pyridine rings is 2. The fourth-order valence-corrected chi connectivity index (χ4v) is 1.99. The van der Waals surface area contributed by atoms with Crippen molar-refractivity contribution in [3.63, 3.8) is 0 Å².